The minimum Gasteiger partial charge on any atom is -0.341 e. The van der Waals surface area contributed by atoms with Crippen LogP contribution in [-0.4, -0.2) is 17.9 Å². The van der Waals surface area contributed by atoms with Crippen LogP contribution >= 0.6 is 11.6 Å². The third kappa shape index (κ3) is 4.78. The number of benzene rings is 1. The van der Waals surface area contributed by atoms with Crippen LogP contribution in [0.4, 0.5) is 0 Å². The predicted octanol–water partition coefficient (Wildman–Crippen LogP) is 3.73. The Morgan fingerprint density at radius 2 is 2.00 bits per heavy atom. The van der Waals surface area contributed by atoms with Crippen molar-refractivity contribution in [1.82, 2.24) is 4.90 Å². The van der Waals surface area contributed by atoms with Gasteiger partial charge in [0.15, 0.2) is 0 Å². The Labute approximate surface area is 109 Å². The van der Waals surface area contributed by atoms with Crippen LogP contribution in [0.3, 0.4) is 0 Å². The second-order valence-electron chi connectivity index (χ2n) is 4.77. The summed E-state index contributed by atoms with van der Waals surface area (Å²) in [6.07, 6.45) is 1.55. The van der Waals surface area contributed by atoms with E-state index in [4.69, 9.17) is 11.6 Å². The maximum atomic E-state index is 11.8. The molecule has 0 N–H and O–H groups in total. The zero-order valence-corrected chi connectivity index (χ0v) is 11.5. The summed E-state index contributed by atoms with van der Waals surface area (Å²) in [6, 6.07) is 7.64. The van der Waals surface area contributed by atoms with E-state index in [1.165, 1.54) is 0 Å². The Bertz CT molecular complexity index is 376. The number of nitrogens with zero attached hydrogens (tertiary/aromatic N) is 1. The second kappa shape index (κ2) is 6.65. The summed E-state index contributed by atoms with van der Waals surface area (Å²) in [5, 5.41) is 0.719. The topological polar surface area (TPSA) is 20.3 Å². The fraction of sp³-hybridized carbons (Fsp3) is 0.500. The fourth-order valence-electron chi connectivity index (χ4n) is 1.57. The van der Waals surface area contributed by atoms with Crippen LogP contribution in [0.15, 0.2) is 24.3 Å². The van der Waals surface area contributed by atoms with Crippen LogP contribution in [0.1, 0.15) is 32.3 Å². The van der Waals surface area contributed by atoms with Gasteiger partial charge in [0.2, 0.25) is 5.91 Å². The van der Waals surface area contributed by atoms with E-state index in [9.17, 15) is 4.79 Å². The summed E-state index contributed by atoms with van der Waals surface area (Å²) < 4.78 is 0. The molecule has 2 nitrogen and oxygen atoms in total. The van der Waals surface area contributed by atoms with Gasteiger partial charge in [-0.25, -0.2) is 0 Å². The molecule has 0 aromatic heterocycles. The Kier molecular flexibility index (Phi) is 5.49. The first kappa shape index (κ1) is 14.0. The molecule has 0 saturated heterocycles. The summed E-state index contributed by atoms with van der Waals surface area (Å²) in [5.74, 6) is 0.742. The van der Waals surface area contributed by atoms with Crippen molar-refractivity contribution < 1.29 is 4.79 Å². The average Bonchev–Trinajstić information content (AvgIpc) is 2.28. The highest BCUT2D eigenvalue weighted by molar-refractivity contribution is 6.31. The Balaban J connectivity index is 2.51. The highest BCUT2D eigenvalue weighted by Gasteiger charge is 2.11. The summed E-state index contributed by atoms with van der Waals surface area (Å²) in [7, 11) is 1.83. The monoisotopic (exact) mass is 253 g/mol. The third-order valence-corrected chi connectivity index (χ3v) is 3.10. The smallest absolute Gasteiger partial charge is 0.222 e. The molecule has 0 aliphatic carbocycles. The van der Waals surface area contributed by atoms with Crippen LogP contribution in [0, 0.1) is 5.92 Å². The van der Waals surface area contributed by atoms with Crippen molar-refractivity contribution in [2.24, 2.45) is 5.92 Å². The van der Waals surface area contributed by atoms with Crippen molar-refractivity contribution in [2.45, 2.75) is 33.2 Å². The predicted molar refractivity (Wildman–Crippen MR) is 72.0 cm³/mol. The summed E-state index contributed by atoms with van der Waals surface area (Å²) in [5.41, 5.74) is 0.995. The molecule has 94 valence electrons. The molecule has 0 saturated carbocycles. The zero-order valence-electron chi connectivity index (χ0n) is 10.7. The van der Waals surface area contributed by atoms with Gasteiger partial charge in [0, 0.05) is 25.0 Å². The lowest BCUT2D eigenvalue weighted by molar-refractivity contribution is -0.130. The largest absolute Gasteiger partial charge is 0.341 e. The fourth-order valence-corrected chi connectivity index (χ4v) is 1.77. The van der Waals surface area contributed by atoms with E-state index in [-0.39, 0.29) is 5.91 Å². The minimum absolute atomic E-state index is 0.179. The van der Waals surface area contributed by atoms with Crippen molar-refractivity contribution in [2.75, 3.05) is 7.05 Å². The molecule has 0 fully saturated rings. The number of hydrogen-bond donors (Lipinski definition) is 0. The van der Waals surface area contributed by atoms with Crippen LogP contribution in [0.2, 0.25) is 5.02 Å². The molecule has 0 spiro atoms. The Morgan fingerprint density at radius 3 is 2.59 bits per heavy atom. The standard InChI is InChI=1S/C14H20ClNO/c1-11(2)8-9-14(17)16(3)10-12-6-4-5-7-13(12)15/h4-7,11H,8-10H2,1-3H3. The lowest BCUT2D eigenvalue weighted by Gasteiger charge is -2.18. The Morgan fingerprint density at radius 1 is 1.35 bits per heavy atom. The van der Waals surface area contributed by atoms with Gasteiger partial charge in [-0.05, 0) is 24.0 Å². The molecule has 0 atom stereocenters. The van der Waals surface area contributed by atoms with E-state index in [2.05, 4.69) is 13.8 Å². The lowest BCUT2D eigenvalue weighted by atomic mass is 10.1. The molecule has 1 amide bonds. The van der Waals surface area contributed by atoms with E-state index in [0.29, 0.717) is 18.9 Å². The first-order valence-electron chi connectivity index (χ1n) is 5.98. The molecule has 0 unspecified atom stereocenters. The van der Waals surface area contributed by atoms with Crippen LogP contribution in [0.25, 0.3) is 0 Å². The lowest BCUT2D eigenvalue weighted by Crippen LogP contribution is -2.26. The van der Waals surface area contributed by atoms with Gasteiger partial charge < -0.3 is 4.90 Å². The van der Waals surface area contributed by atoms with Crippen LogP contribution < -0.4 is 0 Å². The molecular formula is C14H20ClNO. The van der Waals surface area contributed by atoms with Crippen molar-refractivity contribution in [3.05, 3.63) is 34.9 Å². The highest BCUT2D eigenvalue weighted by atomic mass is 35.5. The molecule has 1 aromatic carbocycles. The number of amides is 1. The van der Waals surface area contributed by atoms with E-state index in [1.54, 1.807) is 4.90 Å². The SMILES string of the molecule is CC(C)CCC(=O)N(C)Cc1ccccc1Cl. The van der Waals surface area contributed by atoms with Crippen LogP contribution in [-0.2, 0) is 11.3 Å². The third-order valence-electron chi connectivity index (χ3n) is 2.73. The molecule has 1 rings (SSSR count). The summed E-state index contributed by atoms with van der Waals surface area (Å²) in [6.45, 7) is 4.83. The van der Waals surface area contributed by atoms with Crippen LogP contribution in [0.5, 0.6) is 0 Å². The average molecular weight is 254 g/mol. The van der Waals surface area contributed by atoms with Crippen molar-refractivity contribution >= 4 is 17.5 Å². The summed E-state index contributed by atoms with van der Waals surface area (Å²) >= 11 is 6.06. The molecule has 0 aliphatic heterocycles. The van der Waals surface area contributed by atoms with Gasteiger partial charge >= 0.3 is 0 Å². The normalized spacial score (nSPS) is 10.6. The van der Waals surface area contributed by atoms with Gasteiger partial charge in [-0.1, -0.05) is 43.6 Å². The van der Waals surface area contributed by atoms with Gasteiger partial charge in [-0.2, -0.15) is 0 Å². The first-order valence-corrected chi connectivity index (χ1v) is 6.36. The van der Waals surface area contributed by atoms with E-state index in [1.807, 2.05) is 31.3 Å². The number of hydrogen-bond acceptors (Lipinski definition) is 1. The maximum absolute atomic E-state index is 11.8. The number of carbonyl (C=O) groups excluding carboxylic acids is 1. The molecule has 1 aromatic rings. The van der Waals surface area contributed by atoms with Gasteiger partial charge in [0.05, 0.1) is 0 Å². The van der Waals surface area contributed by atoms with Crippen molar-refractivity contribution in [3.63, 3.8) is 0 Å². The van der Waals surface area contributed by atoms with Gasteiger partial charge in [0.25, 0.3) is 0 Å². The number of carbonyl (C=O) groups is 1. The second-order valence-corrected chi connectivity index (χ2v) is 5.18. The van der Waals surface area contributed by atoms with E-state index >= 15 is 0 Å². The molecular weight excluding hydrogens is 234 g/mol. The van der Waals surface area contributed by atoms with E-state index in [0.717, 1.165) is 17.0 Å². The van der Waals surface area contributed by atoms with Gasteiger partial charge in [0.1, 0.15) is 0 Å². The minimum atomic E-state index is 0.179. The van der Waals surface area contributed by atoms with Crippen molar-refractivity contribution in [1.29, 1.82) is 0 Å². The van der Waals surface area contributed by atoms with Crippen molar-refractivity contribution in [3.8, 4) is 0 Å². The van der Waals surface area contributed by atoms with E-state index < -0.39 is 0 Å². The first-order chi connectivity index (χ1) is 8.00. The maximum Gasteiger partial charge on any atom is 0.222 e. The Hall–Kier alpha value is -1.02. The quantitative estimate of drug-likeness (QED) is 0.783. The van der Waals surface area contributed by atoms with Gasteiger partial charge in [-0.3, -0.25) is 4.79 Å². The number of halogens is 1. The van der Waals surface area contributed by atoms with Gasteiger partial charge in [-0.15, -0.1) is 0 Å². The summed E-state index contributed by atoms with van der Waals surface area (Å²) in [4.78, 5) is 13.6. The highest BCUT2D eigenvalue weighted by Crippen LogP contribution is 2.17. The number of rotatable bonds is 5. The molecule has 0 aliphatic rings. The molecule has 0 heterocycles. The molecule has 0 radical (unpaired) electrons. The molecule has 0 bridgehead atoms. The molecule has 3 heteroatoms. The molecule has 17 heavy (non-hydrogen) atoms. The zero-order chi connectivity index (χ0) is 12.8.